The number of piperidine rings is 1. The monoisotopic (exact) mass is 554 g/mol. The average Bonchev–Trinajstić information content (AvgIpc) is 3.46. The zero-order chi connectivity index (χ0) is 28.2. The molecule has 3 N–H and O–H groups in total. The van der Waals surface area contributed by atoms with Gasteiger partial charge in [-0.1, -0.05) is 6.58 Å². The van der Waals surface area contributed by atoms with E-state index in [4.69, 9.17) is 19.4 Å². The van der Waals surface area contributed by atoms with Crippen molar-refractivity contribution in [1.29, 1.82) is 0 Å². The van der Waals surface area contributed by atoms with Crippen LogP contribution in [0.15, 0.2) is 61.6 Å². The van der Waals surface area contributed by atoms with Gasteiger partial charge in [0.15, 0.2) is 0 Å². The molecule has 5 heterocycles. The van der Waals surface area contributed by atoms with Crippen molar-refractivity contribution in [2.24, 2.45) is 0 Å². The van der Waals surface area contributed by atoms with Crippen molar-refractivity contribution in [2.45, 2.75) is 18.9 Å². The number of aromatic nitrogens is 4. The maximum Gasteiger partial charge on any atom is 0.245 e. The number of H-pyrrole nitrogens is 1. The largest absolute Gasteiger partial charge is 0.474 e. The number of morpholine rings is 1. The zero-order valence-corrected chi connectivity index (χ0v) is 23.1. The van der Waals surface area contributed by atoms with Gasteiger partial charge in [-0.05, 0) is 36.4 Å². The second-order valence-electron chi connectivity index (χ2n) is 10.1. The molecular formula is C30H34N8O3. The molecule has 2 saturated heterocycles. The van der Waals surface area contributed by atoms with E-state index in [9.17, 15) is 4.79 Å². The number of hydrogen-bond donors (Lipinski definition) is 3. The fourth-order valence-electron chi connectivity index (χ4n) is 5.28. The number of benzene rings is 1. The number of hydrogen-bond acceptors (Lipinski definition) is 9. The fourth-order valence-corrected chi connectivity index (χ4v) is 5.28. The maximum absolute atomic E-state index is 12.1. The molecule has 41 heavy (non-hydrogen) atoms. The van der Waals surface area contributed by atoms with E-state index in [0.29, 0.717) is 43.4 Å². The highest BCUT2D eigenvalue weighted by Crippen LogP contribution is 2.36. The molecule has 0 spiro atoms. The third-order valence-electron chi connectivity index (χ3n) is 7.54. The highest BCUT2D eigenvalue weighted by atomic mass is 16.5. The molecule has 3 aromatic heterocycles. The van der Waals surface area contributed by atoms with Crippen molar-refractivity contribution in [3.63, 3.8) is 0 Å². The Balaban J connectivity index is 1.30. The lowest BCUT2D eigenvalue weighted by atomic mass is 10.1. The Hall–Kier alpha value is -4.64. The van der Waals surface area contributed by atoms with Crippen LogP contribution in [0.25, 0.3) is 22.2 Å². The van der Waals surface area contributed by atoms with Crippen molar-refractivity contribution >= 4 is 40.0 Å². The van der Waals surface area contributed by atoms with E-state index in [2.05, 4.69) is 44.2 Å². The Kier molecular flexibility index (Phi) is 7.68. The Morgan fingerprint density at radius 2 is 1.88 bits per heavy atom. The summed E-state index contributed by atoms with van der Waals surface area (Å²) in [6, 6.07) is 10.3. The molecular weight excluding hydrogens is 520 g/mol. The smallest absolute Gasteiger partial charge is 0.245 e. The Morgan fingerprint density at radius 1 is 1.10 bits per heavy atom. The molecule has 11 heteroatoms. The fraction of sp³-hybridized carbons (Fsp3) is 0.333. The number of carbonyl (C=O) groups is 1. The number of nitrogens with one attached hydrogen (secondary N) is 3. The number of fused-ring (bicyclic) bond motifs is 1. The van der Waals surface area contributed by atoms with Gasteiger partial charge in [0.2, 0.25) is 17.7 Å². The number of amides is 1. The molecule has 0 radical (unpaired) electrons. The molecule has 4 aromatic rings. The van der Waals surface area contributed by atoms with Gasteiger partial charge in [0, 0.05) is 87.2 Å². The van der Waals surface area contributed by atoms with E-state index in [-0.39, 0.29) is 12.0 Å². The summed E-state index contributed by atoms with van der Waals surface area (Å²) in [5.41, 5.74) is 5.42. The van der Waals surface area contributed by atoms with E-state index >= 15 is 0 Å². The van der Waals surface area contributed by atoms with Crippen molar-refractivity contribution < 1.29 is 14.3 Å². The zero-order valence-electron chi connectivity index (χ0n) is 23.1. The molecule has 212 valence electrons. The van der Waals surface area contributed by atoms with Gasteiger partial charge in [0.1, 0.15) is 11.8 Å². The van der Waals surface area contributed by atoms with Crippen LogP contribution in [0.3, 0.4) is 0 Å². The number of anilines is 4. The van der Waals surface area contributed by atoms with Gasteiger partial charge >= 0.3 is 0 Å². The van der Waals surface area contributed by atoms with Crippen molar-refractivity contribution in [3.05, 3.63) is 61.6 Å². The van der Waals surface area contributed by atoms with Crippen LogP contribution in [0.2, 0.25) is 0 Å². The third kappa shape index (κ3) is 5.80. The summed E-state index contributed by atoms with van der Waals surface area (Å²) in [6.45, 7) is 8.08. The SMILES string of the molecule is C=CC(=O)N1CCC(Oc2nc(Nc3ccc(N4CCOCC4)cc3)nc3[nH]cc(-c4cncc(NC)c4)c23)CC1. The second kappa shape index (κ2) is 11.8. The first-order valence-electron chi connectivity index (χ1n) is 13.9. The van der Waals surface area contributed by atoms with E-state index in [1.165, 1.54) is 6.08 Å². The van der Waals surface area contributed by atoms with Gasteiger partial charge in [-0.25, -0.2) is 0 Å². The van der Waals surface area contributed by atoms with Crippen molar-refractivity contribution in [1.82, 2.24) is 24.8 Å². The molecule has 11 nitrogen and oxygen atoms in total. The van der Waals surface area contributed by atoms with Crippen molar-refractivity contribution in [3.8, 4) is 17.0 Å². The lowest BCUT2D eigenvalue weighted by molar-refractivity contribution is -0.127. The molecule has 0 unspecified atom stereocenters. The molecule has 2 aliphatic rings. The molecule has 0 aliphatic carbocycles. The van der Waals surface area contributed by atoms with Gasteiger partial charge in [0.25, 0.3) is 0 Å². The van der Waals surface area contributed by atoms with E-state index in [1.807, 2.05) is 37.6 Å². The van der Waals surface area contributed by atoms with Gasteiger partial charge in [-0.3, -0.25) is 9.78 Å². The van der Waals surface area contributed by atoms with Crippen LogP contribution in [-0.2, 0) is 9.53 Å². The summed E-state index contributed by atoms with van der Waals surface area (Å²) < 4.78 is 12.0. The minimum Gasteiger partial charge on any atom is -0.474 e. The van der Waals surface area contributed by atoms with E-state index in [1.54, 1.807) is 11.1 Å². The highest BCUT2D eigenvalue weighted by Gasteiger charge is 2.25. The molecule has 2 fully saturated rings. The highest BCUT2D eigenvalue weighted by molar-refractivity contribution is 5.98. The average molecular weight is 555 g/mol. The molecule has 0 saturated carbocycles. The third-order valence-corrected chi connectivity index (χ3v) is 7.54. The van der Waals surface area contributed by atoms with Gasteiger partial charge in [-0.2, -0.15) is 9.97 Å². The first-order chi connectivity index (χ1) is 20.1. The summed E-state index contributed by atoms with van der Waals surface area (Å²) >= 11 is 0. The minimum atomic E-state index is -0.0906. The first-order valence-corrected chi connectivity index (χ1v) is 13.9. The Bertz CT molecular complexity index is 1520. The van der Waals surface area contributed by atoms with Crippen LogP contribution < -0.4 is 20.3 Å². The number of likely N-dealkylation sites (tertiary alicyclic amines) is 1. The summed E-state index contributed by atoms with van der Waals surface area (Å²) in [5.74, 6) is 0.868. The molecule has 6 rings (SSSR count). The van der Waals surface area contributed by atoms with Gasteiger partial charge < -0.3 is 34.9 Å². The predicted molar refractivity (Wildman–Crippen MR) is 160 cm³/mol. The van der Waals surface area contributed by atoms with Crippen LogP contribution in [0.5, 0.6) is 5.88 Å². The summed E-state index contributed by atoms with van der Waals surface area (Å²) in [7, 11) is 1.86. The standard InChI is InChI=1S/C30H34N8O3/c1-3-26(39)38-10-8-24(9-11-38)41-29-27-25(20-16-22(31-2)18-32-17-20)19-33-28(27)35-30(36-29)34-21-4-6-23(7-5-21)37-12-14-40-15-13-37/h3-7,16-19,24,31H,1,8-15H2,2H3,(H2,33,34,35,36). The topological polar surface area (TPSA) is 121 Å². The minimum absolute atomic E-state index is 0.0520. The van der Waals surface area contributed by atoms with Gasteiger partial charge in [-0.15, -0.1) is 0 Å². The predicted octanol–water partition coefficient (Wildman–Crippen LogP) is 4.20. The lowest BCUT2D eigenvalue weighted by Crippen LogP contribution is -2.41. The summed E-state index contributed by atoms with van der Waals surface area (Å²) in [5, 5.41) is 7.28. The summed E-state index contributed by atoms with van der Waals surface area (Å²) in [4.78, 5) is 33.5. The lowest BCUT2D eigenvalue weighted by Gasteiger charge is -2.31. The van der Waals surface area contributed by atoms with Crippen LogP contribution in [-0.4, -0.2) is 83.3 Å². The van der Waals surface area contributed by atoms with Crippen molar-refractivity contribution in [2.75, 3.05) is 62.0 Å². The van der Waals surface area contributed by atoms with Crippen LogP contribution in [0.1, 0.15) is 12.8 Å². The van der Waals surface area contributed by atoms with Crippen LogP contribution in [0.4, 0.5) is 23.0 Å². The number of carbonyl (C=O) groups excluding carboxylic acids is 1. The van der Waals surface area contributed by atoms with Crippen LogP contribution in [0, 0.1) is 0 Å². The molecule has 0 bridgehead atoms. The molecule has 0 atom stereocenters. The number of ether oxygens (including phenoxy) is 2. The van der Waals surface area contributed by atoms with E-state index < -0.39 is 0 Å². The normalized spacial score (nSPS) is 16.0. The molecule has 1 aromatic carbocycles. The van der Waals surface area contributed by atoms with Gasteiger partial charge in [0.05, 0.1) is 24.3 Å². The molecule has 2 aliphatic heterocycles. The quantitative estimate of drug-likeness (QED) is 0.275. The molecule has 1 amide bonds. The maximum atomic E-state index is 12.1. The second-order valence-corrected chi connectivity index (χ2v) is 10.1. The number of pyridine rings is 1. The first kappa shape index (κ1) is 26.6. The summed E-state index contributed by atoms with van der Waals surface area (Å²) in [6.07, 6.45) is 8.17. The number of nitrogens with zero attached hydrogens (tertiary/aromatic N) is 5. The Morgan fingerprint density at radius 3 is 2.61 bits per heavy atom. The number of aromatic amines is 1. The Labute approximate surface area is 238 Å². The van der Waals surface area contributed by atoms with E-state index in [0.717, 1.165) is 59.9 Å². The van der Waals surface area contributed by atoms with Crippen LogP contribution >= 0.6 is 0 Å². The number of rotatable bonds is 8.